The van der Waals surface area contributed by atoms with E-state index in [1.54, 1.807) is 18.7 Å². The maximum atomic E-state index is 13.0. The summed E-state index contributed by atoms with van der Waals surface area (Å²) in [5.41, 5.74) is 2.20. The number of nitrogens with zero attached hydrogens (tertiary/aromatic N) is 3. The lowest BCUT2D eigenvalue weighted by Gasteiger charge is -2.20. The fourth-order valence-corrected chi connectivity index (χ4v) is 3.94. The molecule has 2 heterocycles. The van der Waals surface area contributed by atoms with Gasteiger partial charge in [0.25, 0.3) is 5.91 Å². The standard InChI is InChI=1S/C22H20N4O2S/c1-26-13-12-23-20(26)19(16-10-6-7-11-18(16)28-2)25-21(27)17-14-29-22(24-17)15-8-4-3-5-9-15/h3-14,19H,1-2H3,(H,25,27). The van der Waals surface area contributed by atoms with E-state index in [0.29, 0.717) is 17.3 Å². The minimum absolute atomic E-state index is 0.262. The average Bonchev–Trinajstić information content (AvgIpc) is 3.42. The van der Waals surface area contributed by atoms with E-state index < -0.39 is 6.04 Å². The van der Waals surface area contributed by atoms with Gasteiger partial charge in [-0.3, -0.25) is 4.79 Å². The van der Waals surface area contributed by atoms with E-state index in [1.165, 1.54) is 11.3 Å². The van der Waals surface area contributed by atoms with Gasteiger partial charge < -0.3 is 14.6 Å². The van der Waals surface area contributed by atoms with Gasteiger partial charge in [-0.25, -0.2) is 9.97 Å². The van der Waals surface area contributed by atoms with E-state index in [2.05, 4.69) is 15.3 Å². The van der Waals surface area contributed by atoms with E-state index in [9.17, 15) is 4.79 Å². The molecule has 146 valence electrons. The fourth-order valence-electron chi connectivity index (χ4n) is 3.14. The predicted molar refractivity (Wildman–Crippen MR) is 113 cm³/mol. The quantitative estimate of drug-likeness (QED) is 0.526. The van der Waals surface area contributed by atoms with E-state index in [4.69, 9.17) is 4.74 Å². The molecule has 6 nitrogen and oxygen atoms in total. The van der Waals surface area contributed by atoms with Crippen LogP contribution < -0.4 is 10.1 Å². The summed E-state index contributed by atoms with van der Waals surface area (Å²) in [7, 11) is 3.51. The maximum absolute atomic E-state index is 13.0. The Kier molecular flexibility index (Phi) is 5.39. The van der Waals surface area contributed by atoms with Gasteiger partial charge in [0.1, 0.15) is 28.3 Å². The van der Waals surface area contributed by atoms with Gasteiger partial charge in [0, 0.05) is 35.9 Å². The summed E-state index contributed by atoms with van der Waals surface area (Å²) < 4.78 is 7.39. The molecule has 0 radical (unpaired) electrons. The number of nitrogens with one attached hydrogen (secondary N) is 1. The van der Waals surface area contributed by atoms with Crippen LogP contribution in [0.3, 0.4) is 0 Å². The van der Waals surface area contributed by atoms with E-state index in [-0.39, 0.29) is 5.91 Å². The first-order valence-electron chi connectivity index (χ1n) is 9.09. The first-order chi connectivity index (χ1) is 14.2. The molecule has 1 amide bonds. The molecule has 0 aliphatic heterocycles. The molecule has 0 aliphatic carbocycles. The highest BCUT2D eigenvalue weighted by molar-refractivity contribution is 7.13. The van der Waals surface area contributed by atoms with E-state index in [0.717, 1.165) is 16.1 Å². The predicted octanol–water partition coefficient (Wildman–Crippen LogP) is 4.07. The summed E-state index contributed by atoms with van der Waals surface area (Å²) in [6.45, 7) is 0. The summed E-state index contributed by atoms with van der Waals surface area (Å²) >= 11 is 1.44. The van der Waals surface area contributed by atoms with Crippen LogP contribution in [0.15, 0.2) is 72.4 Å². The van der Waals surface area contributed by atoms with Crippen LogP contribution in [0.4, 0.5) is 0 Å². The van der Waals surface area contributed by atoms with Gasteiger partial charge in [0.2, 0.25) is 0 Å². The van der Waals surface area contributed by atoms with Gasteiger partial charge in [-0.1, -0.05) is 48.5 Å². The number of thiazole rings is 1. The van der Waals surface area contributed by atoms with Crippen molar-refractivity contribution < 1.29 is 9.53 Å². The Balaban J connectivity index is 1.66. The SMILES string of the molecule is COc1ccccc1C(NC(=O)c1csc(-c2ccccc2)n1)c1nccn1C. The maximum Gasteiger partial charge on any atom is 0.271 e. The van der Waals surface area contributed by atoms with E-state index in [1.807, 2.05) is 72.4 Å². The molecule has 7 heteroatoms. The molecule has 0 bridgehead atoms. The second-order valence-electron chi connectivity index (χ2n) is 6.45. The van der Waals surface area contributed by atoms with Crippen molar-refractivity contribution in [2.75, 3.05) is 7.11 Å². The van der Waals surface area contributed by atoms with Crippen molar-refractivity contribution in [1.82, 2.24) is 19.9 Å². The van der Waals surface area contributed by atoms with Crippen LogP contribution in [0.1, 0.15) is 27.9 Å². The summed E-state index contributed by atoms with van der Waals surface area (Å²) in [5, 5.41) is 5.65. The Morgan fingerprint density at radius 3 is 2.62 bits per heavy atom. The topological polar surface area (TPSA) is 69.0 Å². The minimum Gasteiger partial charge on any atom is -0.496 e. The Morgan fingerprint density at radius 2 is 1.90 bits per heavy atom. The Hall–Kier alpha value is -3.45. The number of hydrogen-bond donors (Lipinski definition) is 1. The third-order valence-electron chi connectivity index (χ3n) is 4.60. The van der Waals surface area contributed by atoms with Crippen molar-refractivity contribution in [1.29, 1.82) is 0 Å². The number of methoxy groups -OCH3 is 1. The van der Waals surface area contributed by atoms with Gasteiger partial charge in [0.15, 0.2) is 0 Å². The van der Waals surface area contributed by atoms with Crippen molar-refractivity contribution in [3.05, 3.63) is 89.5 Å². The van der Waals surface area contributed by atoms with Crippen LogP contribution in [-0.4, -0.2) is 27.6 Å². The van der Waals surface area contributed by atoms with Crippen molar-refractivity contribution in [2.45, 2.75) is 6.04 Å². The van der Waals surface area contributed by atoms with E-state index >= 15 is 0 Å². The van der Waals surface area contributed by atoms with Crippen LogP contribution in [0.25, 0.3) is 10.6 Å². The molecule has 2 aromatic heterocycles. The molecule has 29 heavy (non-hydrogen) atoms. The van der Waals surface area contributed by atoms with Crippen LogP contribution in [0, 0.1) is 0 Å². The third kappa shape index (κ3) is 3.90. The summed E-state index contributed by atoms with van der Waals surface area (Å²) in [5.74, 6) is 1.13. The highest BCUT2D eigenvalue weighted by Crippen LogP contribution is 2.30. The molecule has 1 N–H and O–H groups in total. The molecule has 4 rings (SSSR count). The molecule has 0 fully saturated rings. The first kappa shape index (κ1) is 18.9. The van der Waals surface area contributed by atoms with Crippen molar-refractivity contribution in [2.24, 2.45) is 7.05 Å². The fraction of sp³-hybridized carbons (Fsp3) is 0.136. The van der Waals surface area contributed by atoms with Crippen molar-refractivity contribution in [3.8, 4) is 16.3 Å². The van der Waals surface area contributed by atoms with Gasteiger partial charge in [-0.05, 0) is 6.07 Å². The number of amides is 1. The van der Waals surface area contributed by atoms with Crippen LogP contribution in [0.5, 0.6) is 5.75 Å². The Morgan fingerprint density at radius 1 is 1.14 bits per heavy atom. The van der Waals surface area contributed by atoms with Gasteiger partial charge in [-0.15, -0.1) is 11.3 Å². The number of aryl methyl sites for hydroxylation is 1. The summed E-state index contributed by atoms with van der Waals surface area (Å²) in [4.78, 5) is 22.0. The molecular formula is C22H20N4O2S. The van der Waals surface area contributed by atoms with Crippen LogP contribution in [-0.2, 0) is 7.05 Å². The average molecular weight is 404 g/mol. The number of para-hydroxylation sites is 1. The number of ether oxygens (including phenoxy) is 1. The second-order valence-corrected chi connectivity index (χ2v) is 7.31. The Labute approximate surface area is 172 Å². The van der Waals surface area contributed by atoms with Crippen molar-refractivity contribution in [3.63, 3.8) is 0 Å². The lowest BCUT2D eigenvalue weighted by atomic mass is 10.0. The minimum atomic E-state index is -0.472. The van der Waals surface area contributed by atoms with Gasteiger partial charge in [0.05, 0.1) is 7.11 Å². The lowest BCUT2D eigenvalue weighted by Crippen LogP contribution is -2.31. The zero-order valence-electron chi connectivity index (χ0n) is 16.1. The number of rotatable bonds is 6. The smallest absolute Gasteiger partial charge is 0.271 e. The van der Waals surface area contributed by atoms with Crippen LogP contribution >= 0.6 is 11.3 Å². The molecule has 4 aromatic rings. The molecule has 2 aromatic carbocycles. The zero-order chi connectivity index (χ0) is 20.2. The molecule has 0 aliphatic rings. The van der Waals surface area contributed by atoms with Crippen molar-refractivity contribution >= 4 is 17.2 Å². The van der Waals surface area contributed by atoms with Gasteiger partial charge >= 0.3 is 0 Å². The molecule has 1 atom stereocenters. The number of aromatic nitrogens is 3. The highest BCUT2D eigenvalue weighted by Gasteiger charge is 2.25. The zero-order valence-corrected chi connectivity index (χ0v) is 16.9. The summed E-state index contributed by atoms with van der Waals surface area (Å²) in [6, 6.07) is 16.9. The molecule has 0 saturated heterocycles. The number of hydrogen-bond acceptors (Lipinski definition) is 5. The largest absolute Gasteiger partial charge is 0.496 e. The monoisotopic (exact) mass is 404 g/mol. The summed E-state index contributed by atoms with van der Waals surface area (Å²) in [6.07, 6.45) is 3.56. The number of carbonyl (C=O) groups is 1. The number of benzene rings is 2. The normalized spacial score (nSPS) is 11.8. The molecular weight excluding hydrogens is 384 g/mol. The molecule has 1 unspecified atom stereocenters. The first-order valence-corrected chi connectivity index (χ1v) is 9.97. The van der Waals surface area contributed by atoms with Crippen LogP contribution in [0.2, 0.25) is 0 Å². The molecule has 0 spiro atoms. The van der Waals surface area contributed by atoms with Gasteiger partial charge in [-0.2, -0.15) is 0 Å². The third-order valence-corrected chi connectivity index (χ3v) is 5.49. The highest BCUT2D eigenvalue weighted by atomic mass is 32.1. The second kappa shape index (κ2) is 8.28. The molecule has 0 saturated carbocycles. The number of carbonyl (C=O) groups excluding carboxylic acids is 1. The number of imidazole rings is 1. The lowest BCUT2D eigenvalue weighted by molar-refractivity contribution is 0.0936. The Bertz CT molecular complexity index is 1120.